The van der Waals surface area contributed by atoms with E-state index in [0.29, 0.717) is 13.1 Å². The zero-order valence-electron chi connectivity index (χ0n) is 16.7. The number of amides is 2. The van der Waals surface area contributed by atoms with E-state index in [2.05, 4.69) is 47.5 Å². The molecule has 0 unspecified atom stereocenters. The van der Waals surface area contributed by atoms with E-state index in [1.165, 1.54) is 5.56 Å². The summed E-state index contributed by atoms with van der Waals surface area (Å²) >= 11 is 6.72. The topological polar surface area (TPSA) is 80.0 Å². The van der Waals surface area contributed by atoms with Gasteiger partial charge in [0.1, 0.15) is 0 Å². The molecule has 1 aromatic heterocycles. The van der Waals surface area contributed by atoms with Gasteiger partial charge in [-0.25, -0.2) is 4.79 Å². The van der Waals surface area contributed by atoms with E-state index in [1.54, 1.807) is 12.4 Å². The minimum Gasteiger partial charge on any atom is -0.334 e. The van der Waals surface area contributed by atoms with Crippen LogP contribution in [0.25, 0.3) is 10.8 Å². The maximum atomic E-state index is 12.0. The van der Waals surface area contributed by atoms with Gasteiger partial charge >= 0.3 is 6.03 Å². The number of aromatic nitrogens is 1. The van der Waals surface area contributed by atoms with Gasteiger partial charge in [-0.3, -0.25) is 4.98 Å². The second-order valence-corrected chi connectivity index (χ2v) is 8.50. The van der Waals surface area contributed by atoms with Gasteiger partial charge in [0, 0.05) is 39.8 Å². The van der Waals surface area contributed by atoms with Crippen LogP contribution < -0.4 is 16.4 Å². The molecule has 4 rings (SSSR count). The highest BCUT2D eigenvalue weighted by atomic mass is 79.9. The third-order valence-electron chi connectivity index (χ3n) is 4.45. The van der Waals surface area contributed by atoms with Crippen molar-refractivity contribution in [2.45, 2.75) is 13.1 Å². The van der Waals surface area contributed by atoms with Crippen LogP contribution in [0.4, 0.5) is 10.5 Å². The van der Waals surface area contributed by atoms with Gasteiger partial charge in [0.15, 0.2) is 0 Å². The fraction of sp³-hybridized carbons (Fsp3) is 0.0833. The monoisotopic (exact) mass is 540 g/mol. The third-order valence-corrected chi connectivity index (χ3v) is 5.50. The fourth-order valence-electron chi connectivity index (χ4n) is 2.79. The summed E-state index contributed by atoms with van der Waals surface area (Å²) in [5.74, 6) is 0. The van der Waals surface area contributed by atoms with Crippen molar-refractivity contribution >= 4 is 54.4 Å². The number of benzene rings is 3. The minimum atomic E-state index is -0.237. The van der Waals surface area contributed by atoms with Crippen LogP contribution in [-0.2, 0) is 13.1 Å². The number of fused-ring (bicyclic) bond motifs is 1. The van der Waals surface area contributed by atoms with E-state index in [9.17, 15) is 4.79 Å². The van der Waals surface area contributed by atoms with E-state index in [0.717, 1.165) is 31.0 Å². The van der Waals surface area contributed by atoms with E-state index in [-0.39, 0.29) is 6.03 Å². The van der Waals surface area contributed by atoms with E-state index < -0.39 is 0 Å². The number of nitrogens with zero attached hydrogens (tertiary/aromatic N) is 1. The maximum absolute atomic E-state index is 12.0. The summed E-state index contributed by atoms with van der Waals surface area (Å²) in [6.45, 7) is 1.09. The first-order valence-electron chi connectivity index (χ1n) is 9.61. The first kappa shape index (κ1) is 22.9. The zero-order chi connectivity index (χ0) is 22.1. The Labute approximate surface area is 198 Å². The molecule has 0 spiro atoms. The molecule has 0 fully saturated rings. The van der Waals surface area contributed by atoms with Crippen molar-refractivity contribution in [2.24, 2.45) is 5.73 Å². The van der Waals surface area contributed by atoms with Gasteiger partial charge in [0.05, 0.1) is 5.69 Å². The second kappa shape index (κ2) is 11.6. The van der Waals surface area contributed by atoms with Gasteiger partial charge in [0.25, 0.3) is 0 Å². The lowest BCUT2D eigenvalue weighted by atomic mass is 10.1. The predicted molar refractivity (Wildman–Crippen MR) is 134 cm³/mol. The number of halogens is 2. The summed E-state index contributed by atoms with van der Waals surface area (Å²) in [7, 11) is 0. The number of hydrogen-bond acceptors (Lipinski definition) is 3. The summed E-state index contributed by atoms with van der Waals surface area (Å²) in [6.07, 6.45) is 3.49. The van der Waals surface area contributed by atoms with Gasteiger partial charge in [0.2, 0.25) is 0 Å². The van der Waals surface area contributed by atoms with Crippen LogP contribution in [-0.4, -0.2) is 11.0 Å². The minimum absolute atomic E-state index is 0.237. The highest BCUT2D eigenvalue weighted by molar-refractivity contribution is 9.10. The Morgan fingerprint density at radius 1 is 0.871 bits per heavy atom. The number of carbonyl (C=O) groups excluding carboxylic acids is 1. The van der Waals surface area contributed by atoms with Crippen molar-refractivity contribution in [3.05, 3.63) is 105 Å². The molecule has 0 aliphatic rings. The number of carbonyl (C=O) groups is 1. The van der Waals surface area contributed by atoms with Gasteiger partial charge in [-0.05, 0) is 52.9 Å². The standard InChI is InChI=1S/C17H14BrN3O.C7H8BrN/c18-14-6-4-12(5-7-14)10-20-17(22)21-16-3-1-2-13-8-9-19-11-15(13)16;8-7-3-1-6(5-9)2-4-7/h1-9,11H,10H2,(H2,20,21,22);1-4H,5,9H2. The Balaban J connectivity index is 0.000000254. The summed E-state index contributed by atoms with van der Waals surface area (Å²) < 4.78 is 2.11. The van der Waals surface area contributed by atoms with Crippen LogP contribution in [0.1, 0.15) is 11.1 Å². The highest BCUT2D eigenvalue weighted by Crippen LogP contribution is 2.21. The van der Waals surface area contributed by atoms with Crippen LogP contribution in [0.2, 0.25) is 0 Å². The first-order chi connectivity index (χ1) is 15.0. The molecule has 0 bridgehead atoms. The summed E-state index contributed by atoms with van der Waals surface area (Å²) in [4.78, 5) is 16.2. The SMILES string of the molecule is NCc1ccc(Br)cc1.O=C(NCc1ccc(Br)cc1)Nc1cccc2ccncc12. The van der Waals surface area contributed by atoms with E-state index in [1.807, 2.05) is 72.8 Å². The number of nitrogens with two attached hydrogens (primary N) is 1. The normalized spacial score (nSPS) is 10.2. The van der Waals surface area contributed by atoms with Gasteiger partial charge in [-0.15, -0.1) is 0 Å². The molecular formula is C24H22Br2N4O. The van der Waals surface area contributed by atoms with Crippen LogP contribution in [0.3, 0.4) is 0 Å². The molecule has 1 heterocycles. The quantitative estimate of drug-likeness (QED) is 0.286. The van der Waals surface area contributed by atoms with Crippen molar-refractivity contribution in [1.29, 1.82) is 0 Å². The molecule has 7 heteroatoms. The molecule has 4 N–H and O–H groups in total. The van der Waals surface area contributed by atoms with Crippen molar-refractivity contribution < 1.29 is 4.79 Å². The van der Waals surface area contributed by atoms with Crippen LogP contribution in [0.15, 0.2) is 94.1 Å². The predicted octanol–water partition coefficient (Wildman–Crippen LogP) is 6.23. The van der Waals surface area contributed by atoms with Gasteiger partial charge < -0.3 is 16.4 Å². The van der Waals surface area contributed by atoms with E-state index >= 15 is 0 Å². The van der Waals surface area contributed by atoms with Gasteiger partial charge in [-0.1, -0.05) is 68.3 Å². The Bertz CT molecular complexity index is 1130. The molecule has 0 saturated heterocycles. The number of anilines is 1. The molecule has 0 radical (unpaired) electrons. The first-order valence-corrected chi connectivity index (χ1v) is 11.2. The zero-order valence-corrected chi connectivity index (χ0v) is 19.9. The molecular weight excluding hydrogens is 520 g/mol. The van der Waals surface area contributed by atoms with Crippen molar-refractivity contribution in [1.82, 2.24) is 10.3 Å². The Hall–Kier alpha value is -2.74. The molecule has 0 aliphatic heterocycles. The van der Waals surface area contributed by atoms with Crippen molar-refractivity contribution in [3.63, 3.8) is 0 Å². The lowest BCUT2D eigenvalue weighted by molar-refractivity contribution is 0.252. The fourth-order valence-corrected chi connectivity index (χ4v) is 3.32. The number of hydrogen-bond donors (Lipinski definition) is 3. The number of rotatable bonds is 4. The van der Waals surface area contributed by atoms with E-state index in [4.69, 9.17) is 5.73 Å². The summed E-state index contributed by atoms with van der Waals surface area (Å²) in [5.41, 5.74) is 8.34. The highest BCUT2D eigenvalue weighted by Gasteiger charge is 2.05. The van der Waals surface area contributed by atoms with Crippen molar-refractivity contribution in [3.8, 4) is 0 Å². The van der Waals surface area contributed by atoms with Crippen LogP contribution >= 0.6 is 31.9 Å². The molecule has 3 aromatic carbocycles. The van der Waals surface area contributed by atoms with Gasteiger partial charge in [-0.2, -0.15) is 0 Å². The second-order valence-electron chi connectivity index (χ2n) is 6.67. The third kappa shape index (κ3) is 7.17. The molecule has 2 amide bonds. The lowest BCUT2D eigenvalue weighted by Crippen LogP contribution is -2.28. The molecule has 0 saturated carbocycles. The lowest BCUT2D eigenvalue weighted by Gasteiger charge is -2.10. The number of urea groups is 1. The van der Waals surface area contributed by atoms with Crippen molar-refractivity contribution in [2.75, 3.05) is 5.32 Å². The maximum Gasteiger partial charge on any atom is 0.319 e. The molecule has 0 atom stereocenters. The molecule has 4 aromatic rings. The average Bonchev–Trinajstić information content (AvgIpc) is 2.80. The Morgan fingerprint density at radius 3 is 2.16 bits per heavy atom. The largest absolute Gasteiger partial charge is 0.334 e. The Morgan fingerprint density at radius 2 is 1.52 bits per heavy atom. The number of pyridine rings is 1. The summed E-state index contributed by atoms with van der Waals surface area (Å²) in [5, 5.41) is 7.68. The molecule has 5 nitrogen and oxygen atoms in total. The molecule has 158 valence electrons. The Kier molecular flexibility index (Phi) is 8.58. The number of nitrogens with one attached hydrogen (secondary N) is 2. The molecule has 31 heavy (non-hydrogen) atoms. The molecule has 0 aliphatic carbocycles. The van der Waals surface area contributed by atoms with Crippen LogP contribution in [0, 0.1) is 0 Å². The average molecular weight is 542 g/mol. The smallest absolute Gasteiger partial charge is 0.319 e. The van der Waals surface area contributed by atoms with Crippen LogP contribution in [0.5, 0.6) is 0 Å². The summed E-state index contributed by atoms with van der Waals surface area (Å²) in [6, 6.07) is 23.3.